The largest absolute Gasteiger partial charge is 0.276 e. The van der Waals surface area contributed by atoms with Gasteiger partial charge in [-0.1, -0.05) is 0 Å². The number of hydrogen-bond acceptors (Lipinski definition) is 2. The van der Waals surface area contributed by atoms with E-state index < -0.39 is 6.39 Å². The zero-order chi connectivity index (χ0) is 4.99. The minimum absolute atomic E-state index is 1.05. The lowest BCUT2D eigenvalue weighted by atomic mass is 11.4. The van der Waals surface area contributed by atoms with E-state index in [1.165, 1.54) is 0 Å². The maximum atomic E-state index is 9.41. The highest BCUT2D eigenvalue weighted by atomic mass is 32.1. The molecule has 0 aliphatic heterocycles. The first-order chi connectivity index (χ1) is 2.77. The Morgan fingerprint density at radius 2 is 3.00 bits per heavy atom. The van der Waals surface area contributed by atoms with E-state index in [4.69, 9.17) is 1.37 Å². The van der Waals surface area contributed by atoms with Gasteiger partial charge in [0.2, 0.25) is 6.39 Å². The monoisotopic (exact) mass is 88.0 g/mol. The molecule has 0 aliphatic rings. The first-order valence-corrected chi connectivity index (χ1v) is 1.26. The van der Waals surface area contributed by atoms with Crippen LogP contribution in [0.3, 0.4) is 0 Å². The summed E-state index contributed by atoms with van der Waals surface area (Å²) in [5, 5.41) is 1.74. The van der Waals surface area contributed by atoms with Crippen LogP contribution in [0.15, 0.2) is 4.99 Å². The predicted octanol–water partition coefficient (Wildman–Crippen LogP) is 0.246. The van der Waals surface area contributed by atoms with Gasteiger partial charge in [0.05, 0.1) is 5.16 Å². The number of amides is 1. The Labute approximate surface area is 35.9 Å². The van der Waals surface area contributed by atoms with Gasteiger partial charge < -0.3 is 0 Å². The Hall–Kier alpha value is -0.530. The lowest BCUT2D eigenvalue weighted by molar-refractivity contribution is -0.106. The van der Waals surface area contributed by atoms with Crippen molar-refractivity contribution in [2.75, 3.05) is 0 Å². The van der Waals surface area contributed by atoms with Crippen LogP contribution in [0.25, 0.3) is 0 Å². The quantitative estimate of drug-likeness (QED) is 0.241. The third-order valence-electron chi connectivity index (χ3n) is 0.0913. The summed E-state index contributed by atoms with van der Waals surface area (Å²) in [5.41, 5.74) is 0. The highest BCUT2D eigenvalue weighted by Crippen LogP contribution is 1.41. The smallest absolute Gasteiger partial charge is 0.241 e. The summed E-state index contributed by atoms with van der Waals surface area (Å²) < 4.78 is 6.04. The molecule has 0 radical (unpaired) electrons. The van der Waals surface area contributed by atoms with Crippen molar-refractivity contribution >= 4 is 23.8 Å². The van der Waals surface area contributed by atoms with Crippen molar-refractivity contribution in [1.82, 2.24) is 0 Å². The first-order valence-electron chi connectivity index (χ1n) is 1.36. The van der Waals surface area contributed by atoms with Gasteiger partial charge in [-0.15, -0.1) is 0 Å². The maximum absolute atomic E-state index is 9.41. The van der Waals surface area contributed by atoms with E-state index in [0.29, 0.717) is 0 Å². The molecule has 1 amide bonds. The number of rotatable bonds is 0. The third kappa shape index (κ3) is 3.47. The van der Waals surface area contributed by atoms with Crippen LogP contribution in [0.4, 0.5) is 0 Å². The van der Waals surface area contributed by atoms with Crippen molar-refractivity contribution in [2.24, 2.45) is 4.99 Å². The van der Waals surface area contributed by atoms with Gasteiger partial charge in [0.1, 0.15) is 1.37 Å². The second kappa shape index (κ2) is 3.47. The highest BCUT2D eigenvalue weighted by Gasteiger charge is 1.44. The number of thiocarbonyl (C=S) groups is 1. The summed E-state index contributed by atoms with van der Waals surface area (Å²) in [7, 11) is 0. The van der Waals surface area contributed by atoms with E-state index in [1.807, 2.05) is 0 Å². The molecule has 0 aromatic carbocycles. The molecule has 26 valence electrons. The first kappa shape index (κ1) is 2.69. The molecule has 3 heteroatoms. The topological polar surface area (TPSA) is 29.4 Å². The Bertz CT molecular complexity index is 106. The van der Waals surface area contributed by atoms with Gasteiger partial charge >= 0.3 is 0 Å². The molecule has 0 spiro atoms. The van der Waals surface area contributed by atoms with Crippen LogP contribution in [-0.2, 0) is 4.79 Å². The number of hydrogen-bond donors (Lipinski definition) is 0. The molecule has 5 heavy (non-hydrogen) atoms. The lowest BCUT2D eigenvalue weighted by Crippen LogP contribution is -1.50. The zero-order valence-corrected chi connectivity index (χ0v) is 3.08. The lowest BCUT2D eigenvalue weighted by Gasteiger charge is -1.42. The van der Waals surface area contributed by atoms with Gasteiger partial charge in [0.15, 0.2) is 0 Å². The fraction of sp³-hybridized carbons (Fsp3) is 0. The molecule has 0 bridgehead atoms. The summed E-state index contributed by atoms with van der Waals surface area (Å²) in [6.45, 7) is 0. The molecule has 0 N–H and O–H groups in total. The van der Waals surface area contributed by atoms with Gasteiger partial charge in [-0.3, -0.25) is 4.79 Å². The van der Waals surface area contributed by atoms with Crippen LogP contribution < -0.4 is 0 Å². The van der Waals surface area contributed by atoms with Crippen molar-refractivity contribution in [2.45, 2.75) is 0 Å². The molecule has 0 heterocycles. The molecule has 0 aromatic heterocycles. The molecule has 0 fully saturated rings. The van der Waals surface area contributed by atoms with Crippen molar-refractivity contribution in [3.8, 4) is 0 Å². The van der Waals surface area contributed by atoms with E-state index >= 15 is 0 Å². The van der Waals surface area contributed by atoms with E-state index in [0.717, 1.165) is 0 Å². The van der Waals surface area contributed by atoms with Crippen LogP contribution in [0.2, 0.25) is 0 Å². The van der Waals surface area contributed by atoms with Crippen molar-refractivity contribution in [1.29, 1.82) is 0 Å². The van der Waals surface area contributed by atoms with E-state index in [-0.39, 0.29) is 0 Å². The van der Waals surface area contributed by atoms with Gasteiger partial charge in [-0.05, 0) is 12.2 Å². The fourth-order valence-corrected chi connectivity index (χ4v) is 0.0559. The molecule has 0 unspecified atom stereocenters. The summed E-state index contributed by atoms with van der Waals surface area (Å²) in [4.78, 5) is 12.1. The summed E-state index contributed by atoms with van der Waals surface area (Å²) in [6.07, 6.45) is -1.05. The maximum Gasteiger partial charge on any atom is 0.241 e. The number of nitrogens with zero attached hydrogens (tertiary/aromatic N) is 1. The van der Waals surface area contributed by atoms with E-state index in [1.54, 1.807) is 5.16 Å². The minimum atomic E-state index is -1.05. The van der Waals surface area contributed by atoms with Gasteiger partial charge in [-0.2, -0.15) is 4.99 Å². The Morgan fingerprint density at radius 1 is 2.40 bits per heavy atom. The normalized spacial score (nSPS) is 7.60. The van der Waals surface area contributed by atoms with E-state index in [2.05, 4.69) is 17.2 Å². The van der Waals surface area contributed by atoms with Gasteiger partial charge in [0.25, 0.3) is 0 Å². The summed E-state index contributed by atoms with van der Waals surface area (Å²) in [6, 6.07) is 0. The van der Waals surface area contributed by atoms with Crippen LogP contribution >= 0.6 is 12.2 Å². The van der Waals surface area contributed by atoms with Gasteiger partial charge in [0, 0.05) is 0 Å². The fourth-order valence-electron chi connectivity index (χ4n) is 0.0186. The predicted molar refractivity (Wildman–Crippen MR) is 21.1 cm³/mol. The Kier molecular flexibility index (Phi) is 1.87. The number of isothiocyanates is 1. The Morgan fingerprint density at radius 3 is 3.00 bits per heavy atom. The standard InChI is InChI=1S/C2HNOS/c4-1-3-2-5/h1H/i1D. The van der Waals surface area contributed by atoms with Crippen molar-refractivity contribution in [3.63, 3.8) is 0 Å². The molecular formula is C2HNOS. The molecule has 2 nitrogen and oxygen atoms in total. The second-order valence-electron chi connectivity index (χ2n) is 0.294. The molecule has 0 saturated carbocycles. The molecule has 0 saturated heterocycles. The molecule has 0 rings (SSSR count). The minimum Gasteiger partial charge on any atom is -0.276 e. The number of aliphatic imine (C=N–C) groups is 1. The summed E-state index contributed by atoms with van der Waals surface area (Å²) >= 11 is 3.97. The highest BCUT2D eigenvalue weighted by molar-refractivity contribution is 7.78. The molecule has 0 aliphatic carbocycles. The number of carbonyl (C=O) groups excluding carboxylic acids is 1. The van der Waals surface area contributed by atoms with Crippen molar-refractivity contribution < 1.29 is 6.17 Å². The zero-order valence-electron chi connectivity index (χ0n) is 3.26. The average molecular weight is 88.1 g/mol. The molecule has 0 atom stereocenters. The van der Waals surface area contributed by atoms with E-state index in [9.17, 15) is 4.79 Å². The van der Waals surface area contributed by atoms with Crippen molar-refractivity contribution in [3.05, 3.63) is 0 Å². The van der Waals surface area contributed by atoms with Crippen LogP contribution in [0.1, 0.15) is 1.37 Å². The van der Waals surface area contributed by atoms with Crippen LogP contribution in [-0.4, -0.2) is 11.5 Å². The van der Waals surface area contributed by atoms with Gasteiger partial charge in [-0.25, -0.2) is 0 Å². The van der Waals surface area contributed by atoms with Crippen LogP contribution in [0.5, 0.6) is 0 Å². The Balaban J connectivity index is 3.60. The second-order valence-corrected chi connectivity index (χ2v) is 0.477. The third-order valence-corrected chi connectivity index (χ3v) is 0.183. The SMILES string of the molecule is [2H]C(=O)N=C=S. The van der Waals surface area contributed by atoms with Crippen LogP contribution in [0, 0.1) is 0 Å². The summed E-state index contributed by atoms with van der Waals surface area (Å²) in [5.74, 6) is 0. The molecular weight excluding hydrogens is 86.1 g/mol. The average Bonchev–Trinajstić information content (AvgIpc) is 1.35. The molecule has 0 aromatic rings. The number of carbonyl (C=O) groups is 1.